The van der Waals surface area contributed by atoms with E-state index in [0.717, 1.165) is 6.08 Å². The lowest BCUT2D eigenvalue weighted by atomic mass is 9.85. The van der Waals surface area contributed by atoms with Crippen LogP contribution in [0.25, 0.3) is 0 Å². The monoisotopic (exact) mass is 435 g/mol. The number of carbonyl (C=O) groups is 2. The molecule has 0 aromatic rings. The van der Waals surface area contributed by atoms with Crippen LogP contribution in [0, 0.1) is 5.92 Å². The van der Waals surface area contributed by atoms with E-state index in [4.69, 9.17) is 19.3 Å². The first-order valence-corrected chi connectivity index (χ1v) is 9.60. The maximum atomic E-state index is 11.3. The SMILES string of the molecule is CC(=O)N[C@@H]1[C@@H](O)[C@H](CCOCC[C@@H]2OC(C(=O)O)=C[C@H](O)[C@H]2O)[C@@H](CO)O[C@@H]1O. The number of aliphatic carboxylic acids is 1. The summed E-state index contributed by atoms with van der Waals surface area (Å²) in [5, 5.41) is 60.9. The van der Waals surface area contributed by atoms with Crippen LogP contribution in [-0.4, -0.2) is 105 Å². The van der Waals surface area contributed by atoms with Crippen LogP contribution in [-0.2, 0) is 23.8 Å². The summed E-state index contributed by atoms with van der Waals surface area (Å²) in [7, 11) is 0. The molecule has 12 nitrogen and oxygen atoms in total. The number of carbonyl (C=O) groups excluding carboxylic acids is 1. The third-order valence-corrected chi connectivity index (χ3v) is 5.14. The number of hydrogen-bond acceptors (Lipinski definition) is 10. The van der Waals surface area contributed by atoms with E-state index >= 15 is 0 Å². The number of amides is 1. The molecular formula is C18H29NO11. The Hall–Kier alpha value is -1.80. The molecule has 7 N–H and O–H groups in total. The highest BCUT2D eigenvalue weighted by Crippen LogP contribution is 2.28. The Kier molecular flexibility index (Phi) is 8.97. The van der Waals surface area contributed by atoms with E-state index in [0.29, 0.717) is 0 Å². The second-order valence-corrected chi connectivity index (χ2v) is 7.29. The molecule has 0 aliphatic carbocycles. The maximum absolute atomic E-state index is 11.3. The minimum Gasteiger partial charge on any atom is -0.480 e. The summed E-state index contributed by atoms with van der Waals surface area (Å²) in [4.78, 5) is 22.3. The standard InChI is InChI=1S/C18H29NO11/c1-8(21)19-14-15(23)9(13(7-20)30-18(14)27)2-4-28-5-3-11-16(24)10(22)6-12(29-11)17(25)26/h6,9-11,13-16,18,20,22-24,27H,2-5,7H2,1H3,(H,19,21)(H,25,26)/t9-,10+,11+,13-,14-,15+,16-,18+/m1/s1. The molecule has 2 rings (SSSR count). The lowest BCUT2D eigenvalue weighted by Crippen LogP contribution is -2.61. The van der Waals surface area contributed by atoms with Crippen LogP contribution in [0.2, 0.25) is 0 Å². The number of carboxylic acid groups (broad SMARTS) is 1. The van der Waals surface area contributed by atoms with E-state index in [2.05, 4.69) is 5.32 Å². The van der Waals surface area contributed by atoms with Crippen LogP contribution < -0.4 is 5.32 Å². The molecule has 1 fully saturated rings. The molecule has 2 aliphatic heterocycles. The molecule has 0 bridgehead atoms. The Balaban J connectivity index is 1.82. The van der Waals surface area contributed by atoms with Gasteiger partial charge in [-0.1, -0.05) is 0 Å². The first-order valence-electron chi connectivity index (χ1n) is 9.60. The van der Waals surface area contributed by atoms with Crippen LogP contribution in [0.1, 0.15) is 19.8 Å². The van der Waals surface area contributed by atoms with Crippen molar-refractivity contribution in [2.75, 3.05) is 19.8 Å². The number of aliphatic hydroxyl groups is 5. The van der Waals surface area contributed by atoms with Crippen molar-refractivity contribution in [3.8, 4) is 0 Å². The molecule has 2 heterocycles. The van der Waals surface area contributed by atoms with Crippen LogP contribution >= 0.6 is 0 Å². The van der Waals surface area contributed by atoms with Gasteiger partial charge in [0, 0.05) is 25.9 Å². The molecule has 2 aliphatic rings. The molecule has 0 saturated carbocycles. The highest BCUT2D eigenvalue weighted by molar-refractivity contribution is 5.84. The van der Waals surface area contributed by atoms with Crippen LogP contribution in [0.3, 0.4) is 0 Å². The predicted octanol–water partition coefficient (Wildman–Crippen LogP) is -2.94. The number of nitrogens with one attached hydrogen (secondary N) is 1. The van der Waals surface area contributed by atoms with E-state index in [1.165, 1.54) is 6.92 Å². The van der Waals surface area contributed by atoms with Gasteiger partial charge in [-0.2, -0.15) is 0 Å². The van der Waals surface area contributed by atoms with E-state index < -0.39 is 73.0 Å². The number of rotatable bonds is 9. The summed E-state index contributed by atoms with van der Waals surface area (Å²) in [6, 6.07) is -1.05. The smallest absolute Gasteiger partial charge is 0.370 e. The van der Waals surface area contributed by atoms with E-state index in [9.17, 15) is 35.1 Å². The minimum absolute atomic E-state index is 0.0621. The van der Waals surface area contributed by atoms with Crippen molar-refractivity contribution in [3.05, 3.63) is 11.8 Å². The Labute approximate surface area is 172 Å². The van der Waals surface area contributed by atoms with Gasteiger partial charge in [-0.15, -0.1) is 0 Å². The van der Waals surface area contributed by atoms with Crippen molar-refractivity contribution >= 4 is 11.9 Å². The Morgan fingerprint density at radius 2 is 1.77 bits per heavy atom. The lowest BCUT2D eigenvalue weighted by Gasteiger charge is -2.42. The third-order valence-electron chi connectivity index (χ3n) is 5.14. The molecule has 0 aromatic carbocycles. The topological polar surface area (TPSA) is 195 Å². The summed E-state index contributed by atoms with van der Waals surface area (Å²) in [5.74, 6) is -2.89. The van der Waals surface area contributed by atoms with Gasteiger partial charge in [-0.05, 0) is 12.5 Å². The number of carboxylic acids is 1. The number of aliphatic hydroxyl groups excluding tert-OH is 5. The molecule has 172 valence electrons. The summed E-state index contributed by atoms with van der Waals surface area (Å²) in [6.07, 6.45) is -5.89. The van der Waals surface area contributed by atoms with Crippen molar-refractivity contribution in [1.29, 1.82) is 0 Å². The molecular weight excluding hydrogens is 406 g/mol. The average molecular weight is 435 g/mol. The second kappa shape index (κ2) is 11.0. The van der Waals surface area contributed by atoms with Gasteiger partial charge < -0.3 is 50.2 Å². The fraction of sp³-hybridized carbons (Fsp3) is 0.778. The second-order valence-electron chi connectivity index (χ2n) is 7.29. The van der Waals surface area contributed by atoms with Gasteiger partial charge in [0.1, 0.15) is 24.4 Å². The lowest BCUT2D eigenvalue weighted by molar-refractivity contribution is -0.240. The Morgan fingerprint density at radius 1 is 1.10 bits per heavy atom. The zero-order valence-electron chi connectivity index (χ0n) is 16.5. The predicted molar refractivity (Wildman–Crippen MR) is 97.7 cm³/mol. The largest absolute Gasteiger partial charge is 0.480 e. The van der Waals surface area contributed by atoms with Gasteiger partial charge >= 0.3 is 5.97 Å². The van der Waals surface area contributed by atoms with Crippen LogP contribution in [0.5, 0.6) is 0 Å². The molecule has 0 radical (unpaired) electrons. The zero-order valence-corrected chi connectivity index (χ0v) is 16.5. The first kappa shape index (κ1) is 24.5. The van der Waals surface area contributed by atoms with Gasteiger partial charge in [-0.25, -0.2) is 4.79 Å². The normalized spacial score (nSPS) is 36.5. The van der Waals surface area contributed by atoms with Gasteiger partial charge in [-0.3, -0.25) is 4.79 Å². The molecule has 0 spiro atoms. The van der Waals surface area contributed by atoms with Crippen LogP contribution in [0.4, 0.5) is 0 Å². The van der Waals surface area contributed by atoms with Crippen molar-refractivity contribution in [2.45, 2.75) is 62.6 Å². The number of hydrogen-bond donors (Lipinski definition) is 7. The highest BCUT2D eigenvalue weighted by Gasteiger charge is 2.44. The fourth-order valence-corrected chi connectivity index (χ4v) is 3.56. The first-order chi connectivity index (χ1) is 14.1. The van der Waals surface area contributed by atoms with Gasteiger partial charge in [0.05, 0.1) is 25.4 Å². The molecule has 0 aromatic heterocycles. The third kappa shape index (κ3) is 6.11. The maximum Gasteiger partial charge on any atom is 0.370 e. The number of ether oxygens (including phenoxy) is 3. The molecule has 12 heteroatoms. The van der Waals surface area contributed by atoms with E-state index in [-0.39, 0.29) is 26.1 Å². The summed E-state index contributed by atoms with van der Waals surface area (Å²) in [6.45, 7) is 0.958. The van der Waals surface area contributed by atoms with Crippen molar-refractivity contribution in [1.82, 2.24) is 5.32 Å². The molecule has 30 heavy (non-hydrogen) atoms. The summed E-state index contributed by atoms with van der Waals surface area (Å²) in [5.41, 5.74) is 0. The Bertz CT molecular complexity index is 627. The quantitative estimate of drug-likeness (QED) is 0.183. The van der Waals surface area contributed by atoms with E-state index in [1.807, 2.05) is 0 Å². The Morgan fingerprint density at radius 3 is 2.37 bits per heavy atom. The summed E-state index contributed by atoms with van der Waals surface area (Å²) >= 11 is 0. The zero-order chi connectivity index (χ0) is 22.4. The van der Waals surface area contributed by atoms with Crippen molar-refractivity contribution < 1.29 is 54.4 Å². The van der Waals surface area contributed by atoms with Gasteiger partial charge in [0.2, 0.25) is 11.7 Å². The van der Waals surface area contributed by atoms with Crippen molar-refractivity contribution in [2.24, 2.45) is 5.92 Å². The minimum atomic E-state index is -1.47. The molecule has 1 saturated heterocycles. The molecule has 0 unspecified atom stereocenters. The van der Waals surface area contributed by atoms with E-state index in [1.54, 1.807) is 0 Å². The summed E-state index contributed by atoms with van der Waals surface area (Å²) < 4.78 is 15.9. The molecule has 1 amide bonds. The van der Waals surface area contributed by atoms with Crippen molar-refractivity contribution in [3.63, 3.8) is 0 Å². The van der Waals surface area contributed by atoms with Gasteiger partial charge in [0.25, 0.3) is 0 Å². The van der Waals surface area contributed by atoms with Gasteiger partial charge in [0.15, 0.2) is 6.29 Å². The van der Waals surface area contributed by atoms with Crippen LogP contribution in [0.15, 0.2) is 11.8 Å². The average Bonchev–Trinajstić information content (AvgIpc) is 2.68. The highest BCUT2D eigenvalue weighted by atomic mass is 16.6. The molecule has 8 atom stereocenters. The fourth-order valence-electron chi connectivity index (χ4n) is 3.56.